The zero-order valence-corrected chi connectivity index (χ0v) is 13.8. The molecule has 2 aromatic heterocycles. The smallest absolute Gasteiger partial charge is 0.170 e. The Balaban J connectivity index is 2.01. The van der Waals surface area contributed by atoms with Crippen molar-refractivity contribution < 1.29 is 4.79 Å². The summed E-state index contributed by atoms with van der Waals surface area (Å²) in [7, 11) is 0. The lowest BCUT2D eigenvalue weighted by Gasteiger charge is -2.23. The molecule has 1 aliphatic carbocycles. The van der Waals surface area contributed by atoms with Crippen LogP contribution >= 0.6 is 0 Å². The number of aromatic nitrogens is 3. The molecule has 4 nitrogen and oxygen atoms in total. The van der Waals surface area contributed by atoms with Crippen molar-refractivity contribution in [1.82, 2.24) is 14.8 Å². The standard InChI is InChI=1S/C20H19N3O/c1-13-11-17-18(20(24)14(13)2)19(15-7-6-10-21-12-15)23(22-17)16-8-4-3-5-9-16/h3-10,12-14H,11H2,1-2H3/t13-,14-/m0/s1. The Labute approximate surface area is 141 Å². The van der Waals surface area contributed by atoms with E-state index in [2.05, 4.69) is 11.9 Å². The molecule has 2 heterocycles. The lowest BCUT2D eigenvalue weighted by atomic mass is 9.78. The highest BCUT2D eigenvalue weighted by Gasteiger charge is 2.36. The predicted octanol–water partition coefficient (Wildman–Crippen LogP) is 3.95. The van der Waals surface area contributed by atoms with E-state index in [-0.39, 0.29) is 11.7 Å². The Kier molecular flexibility index (Phi) is 3.53. The van der Waals surface area contributed by atoms with Gasteiger partial charge in [-0.05, 0) is 36.6 Å². The van der Waals surface area contributed by atoms with Crippen LogP contribution in [0.15, 0.2) is 54.9 Å². The minimum Gasteiger partial charge on any atom is -0.294 e. The lowest BCUT2D eigenvalue weighted by Crippen LogP contribution is -2.27. The number of ketones is 1. The van der Waals surface area contributed by atoms with E-state index in [1.165, 1.54) is 0 Å². The van der Waals surface area contributed by atoms with E-state index in [1.807, 2.05) is 54.1 Å². The van der Waals surface area contributed by atoms with E-state index >= 15 is 0 Å². The van der Waals surface area contributed by atoms with Crippen LogP contribution in [-0.4, -0.2) is 20.5 Å². The van der Waals surface area contributed by atoms with Gasteiger partial charge in [-0.25, -0.2) is 4.68 Å². The maximum atomic E-state index is 13.0. The number of fused-ring (bicyclic) bond motifs is 1. The number of hydrogen-bond acceptors (Lipinski definition) is 3. The number of Topliss-reactive ketones (excluding diaryl/α,β-unsaturated/α-hetero) is 1. The number of pyridine rings is 1. The molecule has 1 aromatic carbocycles. The second-order valence-corrected chi connectivity index (χ2v) is 6.49. The quantitative estimate of drug-likeness (QED) is 0.719. The molecule has 4 rings (SSSR count). The third-order valence-electron chi connectivity index (χ3n) is 4.92. The molecule has 0 aliphatic heterocycles. The number of carbonyl (C=O) groups excluding carboxylic acids is 1. The van der Waals surface area contributed by atoms with Gasteiger partial charge < -0.3 is 0 Å². The third kappa shape index (κ3) is 2.26. The third-order valence-corrected chi connectivity index (χ3v) is 4.92. The average Bonchev–Trinajstić information content (AvgIpc) is 3.00. The summed E-state index contributed by atoms with van der Waals surface area (Å²) in [4.78, 5) is 17.2. The Hall–Kier alpha value is -2.75. The summed E-state index contributed by atoms with van der Waals surface area (Å²) in [6.07, 6.45) is 4.37. The SMILES string of the molecule is C[C@@H]1C(=O)c2c(nn(-c3ccccc3)c2-c2cccnc2)C[C@@H]1C. The number of para-hydroxylation sites is 1. The summed E-state index contributed by atoms with van der Waals surface area (Å²) in [5, 5.41) is 4.80. The molecule has 0 saturated carbocycles. The van der Waals surface area contributed by atoms with Crippen LogP contribution in [0, 0.1) is 11.8 Å². The van der Waals surface area contributed by atoms with Crippen LogP contribution in [0.4, 0.5) is 0 Å². The molecule has 0 saturated heterocycles. The van der Waals surface area contributed by atoms with E-state index in [0.29, 0.717) is 5.92 Å². The van der Waals surface area contributed by atoms with Crippen molar-refractivity contribution in [2.24, 2.45) is 11.8 Å². The molecule has 0 radical (unpaired) electrons. The molecule has 4 heteroatoms. The minimum absolute atomic E-state index is 0.0151. The van der Waals surface area contributed by atoms with Gasteiger partial charge in [0.05, 0.1) is 22.6 Å². The molecule has 24 heavy (non-hydrogen) atoms. The fraction of sp³-hybridized carbons (Fsp3) is 0.250. The summed E-state index contributed by atoms with van der Waals surface area (Å²) in [6.45, 7) is 4.14. The maximum absolute atomic E-state index is 13.0. The van der Waals surface area contributed by atoms with Crippen LogP contribution in [0.1, 0.15) is 29.9 Å². The van der Waals surface area contributed by atoms with Crippen LogP contribution in [-0.2, 0) is 6.42 Å². The molecular weight excluding hydrogens is 298 g/mol. The fourth-order valence-electron chi connectivity index (χ4n) is 3.36. The number of nitrogens with zero attached hydrogens (tertiary/aromatic N) is 3. The molecule has 0 N–H and O–H groups in total. The largest absolute Gasteiger partial charge is 0.294 e. The van der Waals surface area contributed by atoms with Crippen LogP contribution in [0.5, 0.6) is 0 Å². The summed E-state index contributed by atoms with van der Waals surface area (Å²) >= 11 is 0. The predicted molar refractivity (Wildman–Crippen MR) is 93.2 cm³/mol. The van der Waals surface area contributed by atoms with Gasteiger partial charge in [-0.3, -0.25) is 9.78 Å². The number of benzene rings is 1. The van der Waals surface area contributed by atoms with Crippen molar-refractivity contribution in [1.29, 1.82) is 0 Å². The Morgan fingerprint density at radius 2 is 1.88 bits per heavy atom. The Bertz CT molecular complexity index is 884. The summed E-state index contributed by atoms with van der Waals surface area (Å²) in [6, 6.07) is 13.8. The second kappa shape index (κ2) is 5.71. The number of hydrogen-bond donors (Lipinski definition) is 0. The summed E-state index contributed by atoms with van der Waals surface area (Å²) < 4.78 is 1.89. The van der Waals surface area contributed by atoms with Crippen LogP contribution in [0.3, 0.4) is 0 Å². The highest BCUT2D eigenvalue weighted by molar-refractivity contribution is 6.05. The van der Waals surface area contributed by atoms with Gasteiger partial charge in [-0.15, -0.1) is 0 Å². The summed E-state index contributed by atoms with van der Waals surface area (Å²) in [5.41, 5.74) is 4.39. The van der Waals surface area contributed by atoms with Gasteiger partial charge in [-0.1, -0.05) is 32.0 Å². The summed E-state index contributed by atoms with van der Waals surface area (Å²) in [5.74, 6) is 0.511. The zero-order chi connectivity index (χ0) is 16.7. The molecule has 3 aromatic rings. The monoisotopic (exact) mass is 317 g/mol. The van der Waals surface area contributed by atoms with E-state index in [0.717, 1.165) is 34.6 Å². The molecule has 120 valence electrons. The fourth-order valence-corrected chi connectivity index (χ4v) is 3.36. The first kappa shape index (κ1) is 14.8. The van der Waals surface area contributed by atoms with E-state index in [9.17, 15) is 4.79 Å². The van der Waals surface area contributed by atoms with Crippen LogP contribution in [0.2, 0.25) is 0 Å². The number of carbonyl (C=O) groups is 1. The Morgan fingerprint density at radius 3 is 2.58 bits per heavy atom. The van der Waals surface area contributed by atoms with Crippen molar-refractivity contribution >= 4 is 5.78 Å². The van der Waals surface area contributed by atoms with Crippen molar-refractivity contribution in [3.8, 4) is 16.9 Å². The topological polar surface area (TPSA) is 47.8 Å². The van der Waals surface area contributed by atoms with Gasteiger partial charge >= 0.3 is 0 Å². The first-order valence-electron chi connectivity index (χ1n) is 8.28. The number of rotatable bonds is 2. The van der Waals surface area contributed by atoms with Crippen molar-refractivity contribution in [3.63, 3.8) is 0 Å². The first-order valence-corrected chi connectivity index (χ1v) is 8.28. The Morgan fingerprint density at radius 1 is 1.08 bits per heavy atom. The molecule has 1 aliphatic rings. The molecule has 0 spiro atoms. The van der Waals surface area contributed by atoms with Gasteiger partial charge in [0.2, 0.25) is 0 Å². The van der Waals surface area contributed by atoms with E-state index in [4.69, 9.17) is 5.10 Å². The first-order chi connectivity index (χ1) is 11.7. The minimum atomic E-state index is 0.0151. The van der Waals surface area contributed by atoms with Gasteiger partial charge in [0.25, 0.3) is 0 Å². The molecular formula is C20H19N3O. The van der Waals surface area contributed by atoms with Gasteiger partial charge in [-0.2, -0.15) is 5.10 Å². The van der Waals surface area contributed by atoms with Crippen LogP contribution in [0.25, 0.3) is 16.9 Å². The molecule has 0 fully saturated rings. The van der Waals surface area contributed by atoms with Gasteiger partial charge in [0.1, 0.15) is 0 Å². The lowest BCUT2D eigenvalue weighted by molar-refractivity contribution is 0.0877. The van der Waals surface area contributed by atoms with Crippen LogP contribution < -0.4 is 0 Å². The van der Waals surface area contributed by atoms with Gasteiger partial charge in [0, 0.05) is 23.9 Å². The average molecular weight is 317 g/mol. The highest BCUT2D eigenvalue weighted by Crippen LogP contribution is 2.37. The normalized spacial score (nSPS) is 20.0. The van der Waals surface area contributed by atoms with Crippen molar-refractivity contribution in [2.75, 3.05) is 0 Å². The van der Waals surface area contributed by atoms with E-state index < -0.39 is 0 Å². The molecule has 0 amide bonds. The maximum Gasteiger partial charge on any atom is 0.170 e. The second-order valence-electron chi connectivity index (χ2n) is 6.49. The molecule has 0 unspecified atom stereocenters. The molecule has 2 atom stereocenters. The van der Waals surface area contributed by atoms with Gasteiger partial charge in [0.15, 0.2) is 5.78 Å². The molecule has 0 bridgehead atoms. The highest BCUT2D eigenvalue weighted by atomic mass is 16.1. The van der Waals surface area contributed by atoms with Crippen molar-refractivity contribution in [2.45, 2.75) is 20.3 Å². The van der Waals surface area contributed by atoms with E-state index in [1.54, 1.807) is 12.4 Å². The van der Waals surface area contributed by atoms with Crippen molar-refractivity contribution in [3.05, 3.63) is 66.1 Å². The zero-order valence-electron chi connectivity index (χ0n) is 13.8.